The van der Waals surface area contributed by atoms with Crippen molar-refractivity contribution < 1.29 is 4.42 Å². The zero-order valence-corrected chi connectivity index (χ0v) is 16.2. The lowest BCUT2D eigenvalue weighted by Crippen LogP contribution is -1.89. The summed E-state index contributed by atoms with van der Waals surface area (Å²) in [7, 11) is 0. The molecule has 0 atom stereocenters. The molecule has 0 saturated carbocycles. The maximum atomic E-state index is 5.99. The van der Waals surface area contributed by atoms with Gasteiger partial charge in [0, 0.05) is 33.8 Å². The molecule has 2 aromatic heterocycles. The van der Waals surface area contributed by atoms with Gasteiger partial charge in [0.05, 0.1) is 10.2 Å². The topological polar surface area (TPSA) is 38.1 Å². The van der Waals surface area contributed by atoms with E-state index in [0.29, 0.717) is 0 Å². The molecule has 29 heavy (non-hydrogen) atoms. The third-order valence-electron chi connectivity index (χ3n) is 5.09. The second-order valence-corrected chi connectivity index (χ2v) is 8.03. The summed E-state index contributed by atoms with van der Waals surface area (Å²) >= 11 is 1.72. The standard InChI is InChI=1S/C25H16N2OS/c1-3-7-22-19(5-1)20-14-13-18(15-23(20)28-22)26-17-11-9-16(10-12-17)25-27-21-6-2-4-8-24(21)29-25/h1-15,26H. The number of benzene rings is 4. The zero-order chi connectivity index (χ0) is 19.2. The summed E-state index contributed by atoms with van der Waals surface area (Å²) in [6, 6.07) is 31.0. The molecule has 0 aliphatic heterocycles. The van der Waals surface area contributed by atoms with E-state index in [1.54, 1.807) is 11.3 Å². The quantitative estimate of drug-likeness (QED) is 0.337. The molecule has 0 spiro atoms. The van der Waals surface area contributed by atoms with Gasteiger partial charge in [0.2, 0.25) is 0 Å². The smallest absolute Gasteiger partial charge is 0.137 e. The van der Waals surface area contributed by atoms with E-state index in [-0.39, 0.29) is 0 Å². The zero-order valence-electron chi connectivity index (χ0n) is 15.4. The summed E-state index contributed by atoms with van der Waals surface area (Å²) in [6.45, 7) is 0. The maximum absolute atomic E-state index is 5.99. The summed E-state index contributed by atoms with van der Waals surface area (Å²) in [5.74, 6) is 0. The Hall–Kier alpha value is -3.63. The predicted molar refractivity (Wildman–Crippen MR) is 122 cm³/mol. The fraction of sp³-hybridized carbons (Fsp3) is 0. The van der Waals surface area contributed by atoms with E-state index in [1.165, 1.54) is 4.70 Å². The maximum Gasteiger partial charge on any atom is 0.137 e. The summed E-state index contributed by atoms with van der Waals surface area (Å²) in [6.07, 6.45) is 0. The molecule has 6 rings (SSSR count). The minimum atomic E-state index is 0.891. The van der Waals surface area contributed by atoms with Gasteiger partial charge in [-0.25, -0.2) is 4.98 Å². The van der Waals surface area contributed by atoms with Gasteiger partial charge in [-0.15, -0.1) is 11.3 Å². The molecule has 0 unspecified atom stereocenters. The van der Waals surface area contributed by atoms with Crippen molar-refractivity contribution in [2.75, 3.05) is 5.32 Å². The van der Waals surface area contributed by atoms with E-state index in [4.69, 9.17) is 9.40 Å². The van der Waals surface area contributed by atoms with E-state index >= 15 is 0 Å². The minimum Gasteiger partial charge on any atom is -0.456 e. The van der Waals surface area contributed by atoms with E-state index in [1.807, 2.05) is 24.3 Å². The minimum absolute atomic E-state index is 0.891. The molecule has 0 radical (unpaired) electrons. The number of furan rings is 1. The van der Waals surface area contributed by atoms with Gasteiger partial charge in [0.15, 0.2) is 0 Å². The lowest BCUT2D eigenvalue weighted by Gasteiger charge is -2.07. The Labute approximate surface area is 171 Å². The largest absolute Gasteiger partial charge is 0.456 e. The van der Waals surface area contributed by atoms with Crippen LogP contribution in [0.1, 0.15) is 0 Å². The Balaban J connectivity index is 1.29. The first-order valence-electron chi connectivity index (χ1n) is 9.48. The second kappa shape index (κ2) is 6.47. The van der Waals surface area contributed by atoms with Crippen LogP contribution < -0.4 is 5.32 Å². The van der Waals surface area contributed by atoms with Crippen LogP contribution in [0.15, 0.2) is 95.4 Å². The van der Waals surface area contributed by atoms with Crippen molar-refractivity contribution in [1.82, 2.24) is 4.98 Å². The average molecular weight is 392 g/mol. The molecule has 0 amide bonds. The molecule has 0 saturated heterocycles. The van der Waals surface area contributed by atoms with Crippen LogP contribution in [0.4, 0.5) is 11.4 Å². The van der Waals surface area contributed by atoms with Crippen LogP contribution in [0, 0.1) is 0 Å². The van der Waals surface area contributed by atoms with E-state index in [2.05, 4.69) is 72.0 Å². The van der Waals surface area contributed by atoms with Crippen LogP contribution in [0.3, 0.4) is 0 Å². The molecule has 1 N–H and O–H groups in total. The SMILES string of the molecule is c1ccc2sc(-c3ccc(Nc4ccc5c(c4)oc4ccccc45)cc3)nc2c1. The third-order valence-corrected chi connectivity index (χ3v) is 6.18. The Morgan fingerprint density at radius 1 is 0.690 bits per heavy atom. The van der Waals surface area contributed by atoms with Crippen LogP contribution in [0.25, 0.3) is 42.7 Å². The lowest BCUT2D eigenvalue weighted by atomic mass is 10.1. The van der Waals surface area contributed by atoms with Gasteiger partial charge in [-0.1, -0.05) is 30.3 Å². The highest BCUT2D eigenvalue weighted by Gasteiger charge is 2.08. The number of aromatic nitrogens is 1. The van der Waals surface area contributed by atoms with Crippen LogP contribution in [-0.2, 0) is 0 Å². The first-order chi connectivity index (χ1) is 14.3. The molecule has 138 valence electrons. The van der Waals surface area contributed by atoms with Crippen LogP contribution >= 0.6 is 11.3 Å². The molecular weight excluding hydrogens is 376 g/mol. The van der Waals surface area contributed by atoms with Crippen LogP contribution in [-0.4, -0.2) is 4.98 Å². The van der Waals surface area contributed by atoms with Gasteiger partial charge in [-0.3, -0.25) is 0 Å². The number of thiazole rings is 1. The molecule has 4 heteroatoms. The Morgan fingerprint density at radius 2 is 1.45 bits per heavy atom. The van der Waals surface area contributed by atoms with Crippen molar-refractivity contribution >= 4 is 54.9 Å². The van der Waals surface area contributed by atoms with Crippen LogP contribution in [0.5, 0.6) is 0 Å². The molecule has 3 nitrogen and oxygen atoms in total. The summed E-state index contributed by atoms with van der Waals surface area (Å²) in [5, 5.41) is 6.80. The lowest BCUT2D eigenvalue weighted by molar-refractivity contribution is 0.669. The average Bonchev–Trinajstić information content (AvgIpc) is 3.35. The number of fused-ring (bicyclic) bond motifs is 4. The summed E-state index contributed by atoms with van der Waals surface area (Å²) in [5.41, 5.74) is 6.02. The van der Waals surface area contributed by atoms with Crippen molar-refractivity contribution in [3.8, 4) is 10.6 Å². The molecule has 0 fully saturated rings. The third kappa shape index (κ3) is 2.85. The van der Waals surface area contributed by atoms with E-state index < -0.39 is 0 Å². The molecule has 4 aromatic carbocycles. The van der Waals surface area contributed by atoms with Gasteiger partial charge in [-0.05, 0) is 54.6 Å². The number of hydrogen-bond donors (Lipinski definition) is 1. The molecule has 2 heterocycles. The molecule has 6 aromatic rings. The highest BCUT2D eigenvalue weighted by atomic mass is 32.1. The number of anilines is 2. The first kappa shape index (κ1) is 16.3. The summed E-state index contributed by atoms with van der Waals surface area (Å²) in [4.78, 5) is 4.74. The first-order valence-corrected chi connectivity index (χ1v) is 10.3. The van der Waals surface area contributed by atoms with Gasteiger partial charge >= 0.3 is 0 Å². The monoisotopic (exact) mass is 392 g/mol. The number of nitrogens with one attached hydrogen (secondary N) is 1. The highest BCUT2D eigenvalue weighted by Crippen LogP contribution is 2.33. The normalized spacial score (nSPS) is 11.4. The van der Waals surface area contributed by atoms with Gasteiger partial charge < -0.3 is 9.73 Å². The van der Waals surface area contributed by atoms with Gasteiger partial charge in [0.1, 0.15) is 16.2 Å². The molecule has 0 aliphatic rings. The Bertz CT molecular complexity index is 1440. The number of nitrogens with zero attached hydrogens (tertiary/aromatic N) is 1. The van der Waals surface area contributed by atoms with Gasteiger partial charge in [0.25, 0.3) is 0 Å². The second-order valence-electron chi connectivity index (χ2n) is 7.00. The highest BCUT2D eigenvalue weighted by molar-refractivity contribution is 7.21. The Kier molecular flexibility index (Phi) is 3.64. The van der Waals surface area contributed by atoms with Crippen molar-refractivity contribution in [1.29, 1.82) is 0 Å². The molecule has 0 bridgehead atoms. The van der Waals surface area contributed by atoms with E-state index in [0.717, 1.165) is 49.4 Å². The van der Waals surface area contributed by atoms with Crippen molar-refractivity contribution in [3.05, 3.63) is 91.0 Å². The fourth-order valence-electron chi connectivity index (χ4n) is 3.66. The predicted octanol–water partition coefficient (Wildman–Crippen LogP) is 7.61. The van der Waals surface area contributed by atoms with Crippen molar-refractivity contribution in [2.45, 2.75) is 0 Å². The Morgan fingerprint density at radius 3 is 2.34 bits per heavy atom. The van der Waals surface area contributed by atoms with Crippen molar-refractivity contribution in [2.24, 2.45) is 0 Å². The molecular formula is C25H16N2OS. The van der Waals surface area contributed by atoms with Gasteiger partial charge in [-0.2, -0.15) is 0 Å². The number of para-hydroxylation sites is 2. The molecule has 0 aliphatic carbocycles. The fourth-order valence-corrected chi connectivity index (χ4v) is 4.63. The summed E-state index contributed by atoms with van der Waals surface area (Å²) < 4.78 is 7.20. The van der Waals surface area contributed by atoms with Crippen LogP contribution in [0.2, 0.25) is 0 Å². The van der Waals surface area contributed by atoms with Crippen molar-refractivity contribution in [3.63, 3.8) is 0 Å². The van der Waals surface area contributed by atoms with E-state index in [9.17, 15) is 0 Å². The number of hydrogen-bond acceptors (Lipinski definition) is 4. The number of rotatable bonds is 3.